The molecule has 1 aromatic carbocycles. The molecule has 2 rings (SSSR count). The number of H-pyrrole nitrogens is 1. The Morgan fingerprint density at radius 2 is 1.95 bits per heavy atom. The number of hydrogen-bond acceptors (Lipinski definition) is 3. The van der Waals surface area contributed by atoms with Crippen LogP contribution in [0.2, 0.25) is 0 Å². The first kappa shape index (κ1) is 12.8. The van der Waals surface area contributed by atoms with E-state index in [1.807, 2.05) is 32.0 Å². The molecule has 1 aromatic heterocycles. The molecule has 6 heteroatoms. The van der Waals surface area contributed by atoms with Gasteiger partial charge < -0.3 is 5.32 Å². The predicted octanol–water partition coefficient (Wildman–Crippen LogP) is 2.03. The Bertz CT molecular complexity index is 643. The molecule has 0 aliphatic carbocycles. The number of amides is 2. The molecule has 98 valence electrons. The predicted molar refractivity (Wildman–Crippen MR) is 73.4 cm³/mol. The van der Waals surface area contributed by atoms with E-state index in [1.54, 1.807) is 0 Å². The van der Waals surface area contributed by atoms with Gasteiger partial charge in [-0.15, -0.1) is 0 Å². The average molecular weight is 258 g/mol. The number of aryl methyl sites for hydroxylation is 2. The van der Waals surface area contributed by atoms with Gasteiger partial charge in [-0.25, -0.2) is 9.89 Å². The van der Waals surface area contributed by atoms with Crippen LogP contribution in [0.5, 0.6) is 0 Å². The molecular formula is C13H14N4O2. The molecule has 0 fully saturated rings. The number of rotatable bonds is 2. The molecule has 0 aliphatic rings. The molecule has 0 radical (unpaired) electrons. The number of aromatic nitrogens is 2. The molecule has 19 heavy (non-hydrogen) atoms. The Labute approximate surface area is 109 Å². The highest BCUT2D eigenvalue weighted by atomic mass is 16.2. The summed E-state index contributed by atoms with van der Waals surface area (Å²) in [5, 5.41) is 11.2. The topological polar surface area (TPSA) is 86.9 Å². The van der Waals surface area contributed by atoms with E-state index in [2.05, 4.69) is 20.8 Å². The van der Waals surface area contributed by atoms with E-state index in [4.69, 9.17) is 0 Å². The summed E-state index contributed by atoms with van der Waals surface area (Å²) in [6.07, 6.45) is 0. The van der Waals surface area contributed by atoms with Crippen molar-refractivity contribution in [2.24, 2.45) is 0 Å². The van der Waals surface area contributed by atoms with E-state index in [9.17, 15) is 9.59 Å². The van der Waals surface area contributed by atoms with Gasteiger partial charge >= 0.3 is 6.03 Å². The summed E-state index contributed by atoms with van der Waals surface area (Å²) in [4.78, 5) is 22.6. The fourth-order valence-corrected chi connectivity index (χ4v) is 1.64. The summed E-state index contributed by atoms with van der Waals surface area (Å²) in [6, 6.07) is 8.05. The van der Waals surface area contributed by atoms with Gasteiger partial charge in [0.05, 0.1) is 0 Å². The maximum absolute atomic E-state index is 11.7. The Morgan fingerprint density at radius 3 is 2.58 bits per heavy atom. The molecule has 3 N–H and O–H groups in total. The van der Waals surface area contributed by atoms with Crippen LogP contribution in [0.25, 0.3) is 0 Å². The van der Waals surface area contributed by atoms with Crippen LogP contribution in [-0.4, -0.2) is 16.2 Å². The summed E-state index contributed by atoms with van der Waals surface area (Å²) in [5.41, 5.74) is 2.52. The number of hydrogen-bond donors (Lipinski definition) is 3. The van der Waals surface area contributed by atoms with Crippen LogP contribution >= 0.6 is 0 Å². The van der Waals surface area contributed by atoms with E-state index < -0.39 is 6.03 Å². The standard InChI is InChI=1S/C13H14N4O2/c1-8-3-4-10(9(2)7-8)14-13(19)15-11-5-6-12(18)17-16-11/h3-7H,1-2H3,(H,17,18)(H2,14,15,16,19). The van der Waals surface area contributed by atoms with Crippen molar-refractivity contribution in [3.05, 3.63) is 51.8 Å². The summed E-state index contributed by atoms with van der Waals surface area (Å²) in [6.45, 7) is 3.90. The van der Waals surface area contributed by atoms with E-state index in [0.717, 1.165) is 16.8 Å². The summed E-state index contributed by atoms with van der Waals surface area (Å²) in [7, 11) is 0. The lowest BCUT2D eigenvalue weighted by Gasteiger charge is -2.09. The van der Waals surface area contributed by atoms with E-state index in [0.29, 0.717) is 0 Å². The van der Waals surface area contributed by atoms with Crippen LogP contribution in [0.3, 0.4) is 0 Å². The number of benzene rings is 1. The lowest BCUT2D eigenvalue weighted by atomic mass is 10.1. The van der Waals surface area contributed by atoms with Gasteiger partial charge in [0.1, 0.15) is 0 Å². The third kappa shape index (κ3) is 3.41. The van der Waals surface area contributed by atoms with Crippen molar-refractivity contribution >= 4 is 17.5 Å². The fourth-order valence-electron chi connectivity index (χ4n) is 1.64. The second-order valence-electron chi connectivity index (χ2n) is 4.20. The van der Waals surface area contributed by atoms with Gasteiger partial charge in [0.25, 0.3) is 5.56 Å². The van der Waals surface area contributed by atoms with Crippen molar-refractivity contribution < 1.29 is 4.79 Å². The normalized spacial score (nSPS) is 10.0. The molecule has 0 saturated carbocycles. The van der Waals surface area contributed by atoms with Crippen LogP contribution in [0.15, 0.2) is 35.1 Å². The highest BCUT2D eigenvalue weighted by Crippen LogP contribution is 2.16. The zero-order chi connectivity index (χ0) is 13.8. The summed E-state index contributed by atoms with van der Waals surface area (Å²) in [5.74, 6) is 0.280. The molecule has 2 amide bonds. The first-order valence-electron chi connectivity index (χ1n) is 5.75. The second kappa shape index (κ2) is 5.34. The lowest BCUT2D eigenvalue weighted by Crippen LogP contribution is -2.21. The van der Waals surface area contributed by atoms with Crippen molar-refractivity contribution in [1.82, 2.24) is 10.2 Å². The number of nitrogens with one attached hydrogen (secondary N) is 3. The molecule has 2 aromatic rings. The quantitative estimate of drug-likeness (QED) is 0.770. The van der Waals surface area contributed by atoms with Crippen molar-refractivity contribution in [3.8, 4) is 0 Å². The van der Waals surface area contributed by atoms with Crippen molar-refractivity contribution in [2.75, 3.05) is 10.6 Å². The minimum Gasteiger partial charge on any atom is -0.307 e. The maximum Gasteiger partial charge on any atom is 0.324 e. The van der Waals surface area contributed by atoms with Gasteiger partial charge in [0.2, 0.25) is 0 Å². The van der Waals surface area contributed by atoms with Crippen molar-refractivity contribution in [1.29, 1.82) is 0 Å². The van der Waals surface area contributed by atoms with Gasteiger partial charge in [-0.05, 0) is 31.5 Å². The molecule has 6 nitrogen and oxygen atoms in total. The molecule has 0 saturated heterocycles. The van der Waals surface area contributed by atoms with Crippen LogP contribution in [0.4, 0.5) is 16.3 Å². The second-order valence-corrected chi connectivity index (χ2v) is 4.20. The third-order valence-electron chi connectivity index (χ3n) is 2.55. The highest BCUT2D eigenvalue weighted by Gasteiger charge is 2.05. The van der Waals surface area contributed by atoms with E-state index in [1.165, 1.54) is 12.1 Å². The van der Waals surface area contributed by atoms with E-state index in [-0.39, 0.29) is 11.4 Å². The smallest absolute Gasteiger partial charge is 0.307 e. The van der Waals surface area contributed by atoms with Crippen LogP contribution < -0.4 is 16.2 Å². The van der Waals surface area contributed by atoms with Crippen LogP contribution in [0.1, 0.15) is 11.1 Å². The van der Waals surface area contributed by atoms with Crippen molar-refractivity contribution in [3.63, 3.8) is 0 Å². The highest BCUT2D eigenvalue weighted by molar-refractivity contribution is 5.99. The molecular weight excluding hydrogens is 244 g/mol. The van der Waals surface area contributed by atoms with Gasteiger partial charge in [-0.1, -0.05) is 17.7 Å². The van der Waals surface area contributed by atoms with E-state index >= 15 is 0 Å². The van der Waals surface area contributed by atoms with Gasteiger partial charge in [-0.3, -0.25) is 10.1 Å². The first-order valence-corrected chi connectivity index (χ1v) is 5.75. The molecule has 0 spiro atoms. The average Bonchev–Trinajstić information content (AvgIpc) is 2.36. The first-order chi connectivity index (χ1) is 9.04. The fraction of sp³-hybridized carbons (Fsp3) is 0.154. The Morgan fingerprint density at radius 1 is 1.16 bits per heavy atom. The van der Waals surface area contributed by atoms with Crippen LogP contribution in [0, 0.1) is 13.8 Å². The molecule has 0 unspecified atom stereocenters. The van der Waals surface area contributed by atoms with Gasteiger partial charge in [0.15, 0.2) is 5.82 Å². The van der Waals surface area contributed by atoms with Crippen LogP contribution in [-0.2, 0) is 0 Å². The van der Waals surface area contributed by atoms with Gasteiger partial charge in [-0.2, -0.15) is 5.10 Å². The Kier molecular flexibility index (Phi) is 3.61. The summed E-state index contributed by atoms with van der Waals surface area (Å²) >= 11 is 0. The minimum atomic E-state index is -0.411. The van der Waals surface area contributed by atoms with Crippen molar-refractivity contribution in [2.45, 2.75) is 13.8 Å². The molecule has 0 aliphatic heterocycles. The monoisotopic (exact) mass is 258 g/mol. The number of aromatic amines is 1. The minimum absolute atomic E-state index is 0.280. The SMILES string of the molecule is Cc1ccc(NC(=O)Nc2ccc(=O)[nH]n2)c(C)c1. The zero-order valence-electron chi connectivity index (χ0n) is 10.7. The number of carbonyl (C=O) groups excluding carboxylic acids is 1. The lowest BCUT2D eigenvalue weighted by molar-refractivity contribution is 0.262. The number of urea groups is 1. The summed E-state index contributed by atoms with van der Waals surface area (Å²) < 4.78 is 0. The third-order valence-corrected chi connectivity index (χ3v) is 2.55. The number of nitrogens with zero attached hydrogens (tertiary/aromatic N) is 1. The Hall–Kier alpha value is -2.63. The Balaban J connectivity index is 2.05. The molecule has 0 bridgehead atoms. The number of anilines is 2. The van der Waals surface area contributed by atoms with Gasteiger partial charge in [0, 0.05) is 11.8 Å². The molecule has 0 atom stereocenters. The maximum atomic E-state index is 11.7. The molecule has 1 heterocycles. The zero-order valence-corrected chi connectivity index (χ0v) is 10.7. The largest absolute Gasteiger partial charge is 0.324 e. The number of carbonyl (C=O) groups is 1.